The Bertz CT molecular complexity index is 1220. The second-order valence-electron chi connectivity index (χ2n) is 11.0. The van der Waals surface area contributed by atoms with Gasteiger partial charge in [-0.25, -0.2) is 4.79 Å². The van der Waals surface area contributed by atoms with E-state index in [1.165, 1.54) is 44.9 Å². The molecule has 0 saturated carbocycles. The van der Waals surface area contributed by atoms with Crippen LogP contribution in [0.2, 0.25) is 0 Å². The van der Waals surface area contributed by atoms with Gasteiger partial charge >= 0.3 is 11.9 Å². The van der Waals surface area contributed by atoms with Gasteiger partial charge < -0.3 is 18.9 Å². The topological polar surface area (TPSA) is 71.1 Å². The molecule has 3 rings (SSSR count). The highest BCUT2D eigenvalue weighted by Gasteiger charge is 2.16. The molecule has 0 aromatic heterocycles. The number of esters is 2. The van der Waals surface area contributed by atoms with E-state index < -0.39 is 5.97 Å². The molecule has 0 aliphatic carbocycles. The second-order valence-corrected chi connectivity index (χ2v) is 11.0. The Labute approximate surface area is 251 Å². The van der Waals surface area contributed by atoms with E-state index in [1.807, 2.05) is 31.2 Å². The molecule has 0 N–H and O–H groups in total. The van der Waals surface area contributed by atoms with Crippen LogP contribution in [0.15, 0.2) is 60.7 Å². The van der Waals surface area contributed by atoms with Crippen molar-refractivity contribution in [1.82, 2.24) is 0 Å². The Morgan fingerprint density at radius 1 is 0.619 bits per heavy atom. The maximum absolute atomic E-state index is 12.7. The summed E-state index contributed by atoms with van der Waals surface area (Å²) in [6.07, 6.45) is 13.3. The average Bonchev–Trinajstić information content (AvgIpc) is 3.00. The van der Waals surface area contributed by atoms with Crippen molar-refractivity contribution in [3.63, 3.8) is 0 Å². The van der Waals surface area contributed by atoms with Crippen LogP contribution in [0.3, 0.4) is 0 Å². The molecule has 3 aromatic rings. The minimum atomic E-state index is -0.430. The van der Waals surface area contributed by atoms with Crippen LogP contribution in [0.5, 0.6) is 17.2 Å². The van der Waals surface area contributed by atoms with Crippen LogP contribution >= 0.6 is 0 Å². The van der Waals surface area contributed by atoms with Gasteiger partial charge in [0.2, 0.25) is 0 Å². The van der Waals surface area contributed by atoms with E-state index in [-0.39, 0.29) is 11.9 Å². The number of carbonyl (C=O) groups excluding carboxylic acids is 2. The molecule has 6 heteroatoms. The van der Waals surface area contributed by atoms with Gasteiger partial charge in [-0.15, -0.1) is 0 Å². The molecular weight excluding hydrogens is 528 g/mol. The monoisotopic (exact) mass is 576 g/mol. The zero-order valence-electron chi connectivity index (χ0n) is 25.7. The van der Waals surface area contributed by atoms with Crippen LogP contribution in [0, 0.1) is 5.92 Å². The predicted octanol–water partition coefficient (Wildman–Crippen LogP) is 9.33. The Hall–Kier alpha value is -3.38. The number of fused-ring (bicyclic) bond motifs is 1. The highest BCUT2D eigenvalue weighted by atomic mass is 16.5. The van der Waals surface area contributed by atoms with E-state index in [2.05, 4.69) is 13.8 Å². The Kier molecular flexibility index (Phi) is 14.9. The third-order valence-electron chi connectivity index (χ3n) is 7.23. The first-order valence-electron chi connectivity index (χ1n) is 15.8. The molecule has 3 aromatic carbocycles. The first-order chi connectivity index (χ1) is 20.5. The normalized spacial score (nSPS) is 11.8. The smallest absolute Gasteiger partial charge is 0.343 e. The van der Waals surface area contributed by atoms with Gasteiger partial charge in [-0.05, 0) is 79.1 Å². The van der Waals surface area contributed by atoms with Gasteiger partial charge in [0, 0.05) is 6.61 Å². The van der Waals surface area contributed by atoms with Crippen molar-refractivity contribution in [2.45, 2.75) is 91.4 Å². The summed E-state index contributed by atoms with van der Waals surface area (Å²) in [4.78, 5) is 25.2. The maximum atomic E-state index is 12.7. The molecule has 6 nitrogen and oxygen atoms in total. The fourth-order valence-electron chi connectivity index (χ4n) is 4.61. The van der Waals surface area contributed by atoms with Gasteiger partial charge in [0.05, 0.1) is 24.7 Å². The van der Waals surface area contributed by atoms with Gasteiger partial charge in [-0.2, -0.15) is 0 Å². The second kappa shape index (κ2) is 18.9. The molecule has 0 bridgehead atoms. The van der Waals surface area contributed by atoms with Crippen molar-refractivity contribution in [2.75, 3.05) is 19.8 Å². The summed E-state index contributed by atoms with van der Waals surface area (Å²) in [5.41, 5.74) is 0.459. The van der Waals surface area contributed by atoms with Crippen molar-refractivity contribution >= 4 is 22.7 Å². The van der Waals surface area contributed by atoms with Crippen LogP contribution in [0.1, 0.15) is 102 Å². The van der Waals surface area contributed by atoms with E-state index >= 15 is 0 Å². The molecule has 228 valence electrons. The molecule has 0 radical (unpaired) electrons. The lowest BCUT2D eigenvalue weighted by Crippen LogP contribution is -2.22. The molecule has 0 unspecified atom stereocenters. The van der Waals surface area contributed by atoms with Crippen molar-refractivity contribution in [2.24, 2.45) is 5.92 Å². The standard InChI is InChI=1S/C36H48O6/c1-4-6-8-9-10-11-12-14-24-40-32-19-15-29(16-20-32)36(38)42-34-22-18-30-25-33(21-17-31(30)26-34)41-35(37)28(3)27-39-23-13-7-5-2/h15-22,25-26,28H,4-14,23-24,27H2,1-3H3/t28-/m1/s1. The van der Waals surface area contributed by atoms with E-state index in [9.17, 15) is 9.59 Å². The largest absolute Gasteiger partial charge is 0.494 e. The number of benzene rings is 3. The molecule has 0 aliphatic heterocycles. The lowest BCUT2D eigenvalue weighted by molar-refractivity contribution is -0.140. The Balaban J connectivity index is 1.42. The average molecular weight is 577 g/mol. The highest BCUT2D eigenvalue weighted by Crippen LogP contribution is 2.26. The zero-order valence-corrected chi connectivity index (χ0v) is 25.7. The first-order valence-corrected chi connectivity index (χ1v) is 15.8. The number of hydrogen-bond donors (Lipinski definition) is 0. The minimum absolute atomic E-state index is 0.319. The molecular formula is C36H48O6. The van der Waals surface area contributed by atoms with Crippen LogP contribution in [0.4, 0.5) is 0 Å². The highest BCUT2D eigenvalue weighted by molar-refractivity contribution is 5.92. The number of hydrogen-bond acceptors (Lipinski definition) is 6. The number of carbonyl (C=O) groups is 2. The van der Waals surface area contributed by atoms with E-state index in [0.29, 0.717) is 36.9 Å². The molecule has 0 amide bonds. The van der Waals surface area contributed by atoms with E-state index in [0.717, 1.165) is 42.2 Å². The molecule has 0 fully saturated rings. The first kappa shape index (κ1) is 33.1. The van der Waals surface area contributed by atoms with Crippen LogP contribution < -0.4 is 14.2 Å². The molecule has 0 saturated heterocycles. The number of ether oxygens (including phenoxy) is 4. The minimum Gasteiger partial charge on any atom is -0.494 e. The number of rotatable bonds is 20. The molecule has 42 heavy (non-hydrogen) atoms. The van der Waals surface area contributed by atoms with Crippen molar-refractivity contribution in [3.05, 3.63) is 66.2 Å². The Morgan fingerprint density at radius 3 is 1.79 bits per heavy atom. The summed E-state index contributed by atoms with van der Waals surface area (Å²) in [5, 5.41) is 1.75. The SMILES string of the molecule is CCCCCCCCCCOc1ccc(C(=O)Oc2ccc3cc(OC(=O)[C@H](C)COCCCCC)ccc3c2)cc1. The quantitative estimate of drug-likeness (QED) is 0.0758. The maximum Gasteiger partial charge on any atom is 0.343 e. The van der Waals surface area contributed by atoms with Gasteiger partial charge in [-0.1, -0.05) is 83.8 Å². The van der Waals surface area contributed by atoms with Crippen LogP contribution in [0.25, 0.3) is 10.8 Å². The predicted molar refractivity (Wildman–Crippen MR) is 169 cm³/mol. The third-order valence-corrected chi connectivity index (χ3v) is 7.23. The zero-order chi connectivity index (χ0) is 30.0. The summed E-state index contributed by atoms with van der Waals surface area (Å²) in [5.74, 6) is 0.576. The summed E-state index contributed by atoms with van der Waals surface area (Å²) in [6, 6.07) is 17.8. The third kappa shape index (κ3) is 11.8. The van der Waals surface area contributed by atoms with Crippen LogP contribution in [-0.2, 0) is 9.53 Å². The fourth-order valence-corrected chi connectivity index (χ4v) is 4.61. The summed E-state index contributed by atoms with van der Waals surface area (Å²) < 4.78 is 22.6. The van der Waals surface area contributed by atoms with E-state index in [4.69, 9.17) is 18.9 Å². The molecule has 0 spiro atoms. The van der Waals surface area contributed by atoms with Crippen molar-refractivity contribution < 1.29 is 28.5 Å². The van der Waals surface area contributed by atoms with Gasteiger partial charge in [0.25, 0.3) is 0 Å². The number of unbranched alkanes of at least 4 members (excludes halogenated alkanes) is 9. The van der Waals surface area contributed by atoms with Gasteiger partial charge in [0.1, 0.15) is 17.2 Å². The lowest BCUT2D eigenvalue weighted by atomic mass is 10.1. The molecule has 1 atom stereocenters. The van der Waals surface area contributed by atoms with Crippen molar-refractivity contribution in [3.8, 4) is 17.2 Å². The summed E-state index contributed by atoms with van der Waals surface area (Å²) in [7, 11) is 0. The van der Waals surface area contributed by atoms with Gasteiger partial charge in [-0.3, -0.25) is 4.79 Å². The lowest BCUT2D eigenvalue weighted by Gasteiger charge is -2.12. The fraction of sp³-hybridized carbons (Fsp3) is 0.500. The summed E-state index contributed by atoms with van der Waals surface area (Å²) in [6.45, 7) is 7.88. The molecule has 0 aliphatic rings. The van der Waals surface area contributed by atoms with E-state index in [1.54, 1.807) is 36.4 Å². The van der Waals surface area contributed by atoms with Gasteiger partial charge in [0.15, 0.2) is 0 Å². The Morgan fingerprint density at radius 2 is 1.14 bits per heavy atom. The summed E-state index contributed by atoms with van der Waals surface area (Å²) >= 11 is 0. The van der Waals surface area contributed by atoms with Crippen LogP contribution in [-0.4, -0.2) is 31.8 Å². The van der Waals surface area contributed by atoms with Crippen molar-refractivity contribution in [1.29, 1.82) is 0 Å². The molecule has 0 heterocycles.